The van der Waals surface area contributed by atoms with Crippen LogP contribution in [0.25, 0.3) is 22.1 Å². The molecular weight excluding hydrogens is 464 g/mol. The number of hydrogen-bond acceptors (Lipinski definition) is 6. The van der Waals surface area contributed by atoms with Gasteiger partial charge in [0.25, 0.3) is 5.95 Å². The Bertz CT molecular complexity index is 1150. The molecule has 2 aromatic carbocycles. The van der Waals surface area contributed by atoms with Crippen molar-refractivity contribution in [1.82, 2.24) is 20.2 Å². The van der Waals surface area contributed by atoms with Gasteiger partial charge >= 0.3 is 0 Å². The Kier molecular flexibility index (Phi) is 4.33. The zero-order valence-corrected chi connectivity index (χ0v) is 16.6. The molecule has 4 aromatic rings. The van der Waals surface area contributed by atoms with E-state index in [2.05, 4.69) is 62.6 Å². The highest BCUT2D eigenvalue weighted by molar-refractivity contribution is 9.11. The number of benzene rings is 2. The Balaban J connectivity index is 1.61. The number of phenolic OH excluding ortho intramolecular Hbond substituents is 1. The van der Waals surface area contributed by atoms with Crippen LogP contribution in [0.15, 0.2) is 44.4 Å². The number of para-hydroxylation sites is 1. The van der Waals surface area contributed by atoms with Gasteiger partial charge in [-0.25, -0.2) is 5.43 Å². The van der Waals surface area contributed by atoms with Crippen molar-refractivity contribution in [3.63, 3.8) is 0 Å². The van der Waals surface area contributed by atoms with E-state index < -0.39 is 0 Å². The Labute approximate surface area is 164 Å². The minimum absolute atomic E-state index is 0.141. The van der Waals surface area contributed by atoms with Gasteiger partial charge in [0.15, 0.2) is 5.65 Å². The third-order valence-electron chi connectivity index (χ3n) is 3.88. The van der Waals surface area contributed by atoms with Crippen molar-refractivity contribution in [3.05, 3.63) is 50.4 Å². The van der Waals surface area contributed by atoms with Crippen LogP contribution in [0.1, 0.15) is 11.1 Å². The lowest BCUT2D eigenvalue weighted by Gasteiger charge is -2.02. The number of hydrogen-bond donors (Lipinski definition) is 3. The first-order valence-corrected chi connectivity index (χ1v) is 9.20. The number of halogens is 2. The number of rotatable bonds is 3. The molecule has 0 bridgehead atoms. The zero-order valence-electron chi connectivity index (χ0n) is 13.5. The van der Waals surface area contributed by atoms with E-state index in [0.717, 1.165) is 27.5 Å². The van der Waals surface area contributed by atoms with E-state index >= 15 is 0 Å². The maximum absolute atomic E-state index is 9.73. The van der Waals surface area contributed by atoms with Gasteiger partial charge in [0.05, 0.1) is 20.7 Å². The number of aromatic hydroxyl groups is 1. The number of H-pyrrole nitrogens is 1. The van der Waals surface area contributed by atoms with Gasteiger partial charge in [-0.2, -0.15) is 10.1 Å². The number of hydrazone groups is 1. The van der Waals surface area contributed by atoms with Crippen molar-refractivity contribution >= 4 is 66.1 Å². The molecule has 3 N–H and O–H groups in total. The number of anilines is 1. The molecule has 130 valence electrons. The van der Waals surface area contributed by atoms with E-state index in [9.17, 15) is 5.11 Å². The predicted octanol–water partition coefficient (Wildman–Crippen LogP) is 4.49. The number of aromatic nitrogens is 4. The van der Waals surface area contributed by atoms with Crippen molar-refractivity contribution < 1.29 is 5.11 Å². The molecule has 0 unspecified atom stereocenters. The first-order chi connectivity index (χ1) is 12.5. The summed E-state index contributed by atoms with van der Waals surface area (Å²) in [4.78, 5) is 7.69. The highest BCUT2D eigenvalue weighted by Crippen LogP contribution is 2.32. The van der Waals surface area contributed by atoms with Crippen LogP contribution in [0.5, 0.6) is 5.75 Å². The van der Waals surface area contributed by atoms with Crippen molar-refractivity contribution in [3.8, 4) is 5.75 Å². The van der Waals surface area contributed by atoms with Gasteiger partial charge in [0, 0.05) is 5.39 Å². The molecule has 0 spiro atoms. The van der Waals surface area contributed by atoms with Crippen LogP contribution in [0.4, 0.5) is 5.95 Å². The molecule has 0 radical (unpaired) electrons. The largest absolute Gasteiger partial charge is 0.506 e. The molecule has 0 aliphatic carbocycles. The summed E-state index contributed by atoms with van der Waals surface area (Å²) in [6.45, 7) is 2.03. The average molecular weight is 476 g/mol. The number of nitrogens with one attached hydrogen (secondary N) is 2. The second-order valence-electron chi connectivity index (χ2n) is 5.66. The standard InChI is InChI=1S/C17H12Br2N6O/c1-8-3-2-4-10-13(8)21-16-14(10)23-25-17(22-16)24-20-7-9-5-11(18)15(26)12(19)6-9/h2-7,26H,1H3,(H2,21,22,24,25)/b20-7-. The van der Waals surface area contributed by atoms with Crippen LogP contribution < -0.4 is 5.43 Å². The Morgan fingerprint density at radius 2 is 1.96 bits per heavy atom. The van der Waals surface area contributed by atoms with Gasteiger partial charge in [-0.05, 0) is 62.0 Å². The lowest BCUT2D eigenvalue weighted by molar-refractivity contribution is 0.468. The van der Waals surface area contributed by atoms with E-state index in [-0.39, 0.29) is 11.7 Å². The van der Waals surface area contributed by atoms with Crippen molar-refractivity contribution in [2.45, 2.75) is 6.92 Å². The van der Waals surface area contributed by atoms with Crippen molar-refractivity contribution in [1.29, 1.82) is 0 Å². The summed E-state index contributed by atoms with van der Waals surface area (Å²) in [5.74, 6) is 0.428. The molecule has 0 amide bonds. The Morgan fingerprint density at radius 1 is 1.19 bits per heavy atom. The minimum atomic E-state index is 0.141. The van der Waals surface area contributed by atoms with Crippen LogP contribution in [-0.2, 0) is 0 Å². The summed E-state index contributed by atoms with van der Waals surface area (Å²) in [7, 11) is 0. The summed E-state index contributed by atoms with van der Waals surface area (Å²) in [5.41, 5.74) is 7.05. The molecule has 4 rings (SSSR count). The third-order valence-corrected chi connectivity index (χ3v) is 5.08. The average Bonchev–Trinajstić information content (AvgIpc) is 2.99. The van der Waals surface area contributed by atoms with E-state index in [1.165, 1.54) is 0 Å². The highest BCUT2D eigenvalue weighted by Gasteiger charge is 2.10. The summed E-state index contributed by atoms with van der Waals surface area (Å²) < 4.78 is 1.14. The molecule has 2 aromatic heterocycles. The molecule has 0 saturated heterocycles. The topological polar surface area (TPSA) is 99.1 Å². The van der Waals surface area contributed by atoms with Gasteiger partial charge in [0.1, 0.15) is 11.3 Å². The first-order valence-electron chi connectivity index (χ1n) is 7.62. The van der Waals surface area contributed by atoms with Crippen LogP contribution >= 0.6 is 31.9 Å². The smallest absolute Gasteiger partial charge is 0.265 e. The highest BCUT2D eigenvalue weighted by atomic mass is 79.9. The van der Waals surface area contributed by atoms with Crippen LogP contribution in [-0.4, -0.2) is 31.5 Å². The molecule has 26 heavy (non-hydrogen) atoms. The Morgan fingerprint density at radius 3 is 2.73 bits per heavy atom. The Hall–Kier alpha value is -2.52. The molecular formula is C17H12Br2N6O. The van der Waals surface area contributed by atoms with Gasteiger partial charge in [-0.3, -0.25) is 0 Å². The van der Waals surface area contributed by atoms with Crippen molar-refractivity contribution in [2.24, 2.45) is 5.10 Å². The van der Waals surface area contributed by atoms with Gasteiger partial charge < -0.3 is 10.1 Å². The molecule has 2 heterocycles. The number of nitrogens with zero attached hydrogens (tertiary/aromatic N) is 4. The summed E-state index contributed by atoms with van der Waals surface area (Å²) in [6.07, 6.45) is 1.60. The summed E-state index contributed by atoms with van der Waals surface area (Å²) in [5, 5.41) is 23.2. The predicted molar refractivity (Wildman–Crippen MR) is 109 cm³/mol. The fraction of sp³-hybridized carbons (Fsp3) is 0.0588. The van der Waals surface area contributed by atoms with E-state index in [1.807, 2.05) is 25.1 Å². The lowest BCUT2D eigenvalue weighted by atomic mass is 10.1. The number of phenols is 1. The van der Waals surface area contributed by atoms with Gasteiger partial charge in [-0.15, -0.1) is 10.2 Å². The first kappa shape index (κ1) is 16.9. The number of aryl methyl sites for hydroxylation is 1. The third kappa shape index (κ3) is 3.04. The summed E-state index contributed by atoms with van der Waals surface area (Å²) >= 11 is 6.56. The van der Waals surface area contributed by atoms with E-state index in [0.29, 0.717) is 14.6 Å². The van der Waals surface area contributed by atoms with Gasteiger partial charge in [-0.1, -0.05) is 18.2 Å². The van der Waals surface area contributed by atoms with E-state index in [1.54, 1.807) is 18.3 Å². The zero-order chi connectivity index (χ0) is 18.3. The fourth-order valence-electron chi connectivity index (χ4n) is 2.62. The number of aromatic amines is 1. The quantitative estimate of drug-likeness (QED) is 0.299. The maximum atomic E-state index is 9.73. The molecule has 0 saturated carbocycles. The fourth-order valence-corrected chi connectivity index (χ4v) is 3.84. The number of fused-ring (bicyclic) bond motifs is 3. The van der Waals surface area contributed by atoms with Crippen LogP contribution in [0.3, 0.4) is 0 Å². The van der Waals surface area contributed by atoms with Crippen molar-refractivity contribution in [2.75, 3.05) is 5.43 Å². The maximum Gasteiger partial charge on any atom is 0.265 e. The minimum Gasteiger partial charge on any atom is -0.506 e. The SMILES string of the molecule is Cc1cccc2c1[nH]c1nc(N/N=C\c3cc(Br)c(O)c(Br)c3)nnc12. The van der Waals surface area contributed by atoms with Gasteiger partial charge in [0.2, 0.25) is 0 Å². The normalized spacial score (nSPS) is 11.7. The molecule has 0 fully saturated rings. The monoisotopic (exact) mass is 474 g/mol. The second kappa shape index (κ2) is 6.65. The van der Waals surface area contributed by atoms with E-state index in [4.69, 9.17) is 0 Å². The molecule has 0 aliphatic heterocycles. The summed E-state index contributed by atoms with van der Waals surface area (Å²) in [6, 6.07) is 9.49. The van der Waals surface area contributed by atoms with Crippen LogP contribution in [0, 0.1) is 6.92 Å². The molecule has 9 heteroatoms. The molecule has 7 nitrogen and oxygen atoms in total. The van der Waals surface area contributed by atoms with Crippen LogP contribution in [0.2, 0.25) is 0 Å². The lowest BCUT2D eigenvalue weighted by Crippen LogP contribution is -1.99. The second-order valence-corrected chi connectivity index (χ2v) is 7.37. The molecule has 0 aliphatic rings. The molecule has 0 atom stereocenters.